The molecule has 0 saturated heterocycles. The molecule has 0 aliphatic heterocycles. The molecule has 0 unspecified atom stereocenters. The van der Waals surface area contributed by atoms with Gasteiger partial charge in [-0.15, -0.1) is 0 Å². The SMILES string of the molecule is Cn1c(-c2ncc(C(C)(C)C)[nH]2)cnc1C(C)(C)C. The maximum absolute atomic E-state index is 4.54. The van der Waals surface area contributed by atoms with Gasteiger partial charge in [0.1, 0.15) is 11.5 Å². The van der Waals surface area contributed by atoms with E-state index < -0.39 is 0 Å². The average molecular weight is 260 g/mol. The third-order valence-corrected chi connectivity index (χ3v) is 3.29. The van der Waals surface area contributed by atoms with E-state index in [2.05, 4.69) is 61.1 Å². The zero-order chi connectivity index (χ0) is 14.4. The van der Waals surface area contributed by atoms with Crippen molar-refractivity contribution < 1.29 is 0 Å². The lowest BCUT2D eigenvalue weighted by Gasteiger charge is -2.18. The monoisotopic (exact) mass is 260 g/mol. The second-order valence-corrected chi connectivity index (χ2v) is 7.17. The molecule has 4 nitrogen and oxygen atoms in total. The van der Waals surface area contributed by atoms with Crippen molar-refractivity contribution in [3.63, 3.8) is 0 Å². The number of hydrogen-bond donors (Lipinski definition) is 1. The third kappa shape index (κ3) is 2.57. The van der Waals surface area contributed by atoms with E-state index >= 15 is 0 Å². The van der Waals surface area contributed by atoms with E-state index in [1.807, 2.05) is 19.4 Å². The van der Waals surface area contributed by atoms with E-state index in [4.69, 9.17) is 0 Å². The first-order chi connectivity index (χ1) is 8.60. The van der Waals surface area contributed by atoms with Crippen molar-refractivity contribution in [3.8, 4) is 11.5 Å². The van der Waals surface area contributed by atoms with Crippen LogP contribution in [0.4, 0.5) is 0 Å². The molecule has 0 bridgehead atoms. The van der Waals surface area contributed by atoms with Crippen molar-refractivity contribution in [3.05, 3.63) is 23.9 Å². The fraction of sp³-hybridized carbons (Fsp3) is 0.600. The molecule has 0 amide bonds. The van der Waals surface area contributed by atoms with Gasteiger partial charge in [-0.2, -0.15) is 0 Å². The highest BCUT2D eigenvalue weighted by Gasteiger charge is 2.23. The van der Waals surface area contributed by atoms with Gasteiger partial charge in [-0.3, -0.25) is 0 Å². The van der Waals surface area contributed by atoms with Gasteiger partial charge in [0.2, 0.25) is 0 Å². The van der Waals surface area contributed by atoms with Gasteiger partial charge in [-0.05, 0) is 0 Å². The van der Waals surface area contributed by atoms with Gasteiger partial charge in [0.15, 0.2) is 5.82 Å². The van der Waals surface area contributed by atoms with E-state index in [0.29, 0.717) is 0 Å². The summed E-state index contributed by atoms with van der Waals surface area (Å²) in [6.45, 7) is 13.0. The summed E-state index contributed by atoms with van der Waals surface area (Å²) in [7, 11) is 2.04. The van der Waals surface area contributed by atoms with Crippen LogP contribution in [0.2, 0.25) is 0 Å². The molecule has 19 heavy (non-hydrogen) atoms. The number of aromatic amines is 1. The van der Waals surface area contributed by atoms with E-state index in [-0.39, 0.29) is 10.8 Å². The van der Waals surface area contributed by atoms with Crippen LogP contribution >= 0.6 is 0 Å². The second kappa shape index (κ2) is 4.22. The fourth-order valence-corrected chi connectivity index (χ4v) is 2.16. The summed E-state index contributed by atoms with van der Waals surface area (Å²) in [6, 6.07) is 0. The molecule has 0 fully saturated rings. The Labute approximate surface area is 115 Å². The van der Waals surface area contributed by atoms with Gasteiger partial charge in [-0.1, -0.05) is 41.5 Å². The number of hydrogen-bond acceptors (Lipinski definition) is 2. The average Bonchev–Trinajstić information content (AvgIpc) is 2.80. The van der Waals surface area contributed by atoms with Gasteiger partial charge in [0.25, 0.3) is 0 Å². The van der Waals surface area contributed by atoms with Crippen LogP contribution in [-0.4, -0.2) is 19.5 Å². The van der Waals surface area contributed by atoms with Crippen LogP contribution in [0.1, 0.15) is 53.1 Å². The molecule has 2 rings (SSSR count). The van der Waals surface area contributed by atoms with Crippen LogP contribution in [0.3, 0.4) is 0 Å². The topological polar surface area (TPSA) is 46.5 Å². The van der Waals surface area contributed by atoms with Gasteiger partial charge in [0.05, 0.1) is 6.20 Å². The Morgan fingerprint density at radius 1 is 0.947 bits per heavy atom. The number of nitrogens with one attached hydrogen (secondary N) is 1. The number of nitrogens with zero attached hydrogens (tertiary/aromatic N) is 3. The highest BCUT2D eigenvalue weighted by molar-refractivity contribution is 5.50. The van der Waals surface area contributed by atoms with Crippen molar-refractivity contribution in [2.24, 2.45) is 7.05 Å². The van der Waals surface area contributed by atoms with Crippen LogP contribution in [-0.2, 0) is 17.9 Å². The molecule has 0 aromatic carbocycles. The molecule has 0 radical (unpaired) electrons. The predicted molar refractivity (Wildman–Crippen MR) is 78.2 cm³/mol. The molecule has 0 atom stereocenters. The first kappa shape index (κ1) is 13.8. The molecule has 4 heteroatoms. The normalized spacial score (nSPS) is 13.0. The van der Waals surface area contributed by atoms with Gasteiger partial charge >= 0.3 is 0 Å². The predicted octanol–water partition coefficient (Wildman–Crippen LogP) is 3.41. The van der Waals surface area contributed by atoms with Crippen molar-refractivity contribution in [2.45, 2.75) is 52.4 Å². The standard InChI is InChI=1S/C15H24N4/c1-14(2,3)11-9-16-12(18-11)10-8-17-13(19(10)7)15(4,5)6/h8-9H,1-7H3,(H,16,18). The Morgan fingerprint density at radius 2 is 1.58 bits per heavy atom. The zero-order valence-corrected chi connectivity index (χ0v) is 13.0. The van der Waals surface area contributed by atoms with E-state index in [1.165, 1.54) is 0 Å². The van der Waals surface area contributed by atoms with Gasteiger partial charge < -0.3 is 9.55 Å². The molecule has 0 spiro atoms. The maximum atomic E-state index is 4.54. The first-order valence-electron chi connectivity index (χ1n) is 6.69. The Bertz CT molecular complexity index is 576. The Kier molecular flexibility index (Phi) is 3.07. The largest absolute Gasteiger partial charge is 0.340 e. The molecule has 104 valence electrons. The molecule has 2 heterocycles. The van der Waals surface area contributed by atoms with Crippen LogP contribution in [0.15, 0.2) is 12.4 Å². The first-order valence-corrected chi connectivity index (χ1v) is 6.69. The van der Waals surface area contributed by atoms with Gasteiger partial charge in [-0.25, -0.2) is 9.97 Å². The molecular formula is C15H24N4. The molecule has 2 aromatic heterocycles. The molecule has 0 saturated carbocycles. The lowest BCUT2D eigenvalue weighted by atomic mass is 9.93. The summed E-state index contributed by atoms with van der Waals surface area (Å²) in [5, 5.41) is 0. The Balaban J connectivity index is 2.44. The van der Waals surface area contributed by atoms with E-state index in [0.717, 1.165) is 23.0 Å². The number of rotatable bonds is 1. The molecule has 0 aliphatic carbocycles. The fourth-order valence-electron chi connectivity index (χ4n) is 2.16. The summed E-state index contributed by atoms with van der Waals surface area (Å²) >= 11 is 0. The quantitative estimate of drug-likeness (QED) is 0.854. The van der Waals surface area contributed by atoms with E-state index in [1.54, 1.807) is 0 Å². The number of imidazole rings is 2. The Hall–Kier alpha value is -1.58. The Morgan fingerprint density at radius 3 is 2.00 bits per heavy atom. The van der Waals surface area contributed by atoms with Gasteiger partial charge in [0, 0.05) is 29.8 Å². The summed E-state index contributed by atoms with van der Waals surface area (Å²) in [5.74, 6) is 1.95. The minimum atomic E-state index is 0.0342. The molecular weight excluding hydrogens is 236 g/mol. The maximum Gasteiger partial charge on any atom is 0.155 e. The molecule has 2 aromatic rings. The minimum Gasteiger partial charge on any atom is -0.340 e. The number of aromatic nitrogens is 4. The van der Waals surface area contributed by atoms with E-state index in [9.17, 15) is 0 Å². The van der Waals surface area contributed by atoms with Crippen LogP contribution in [0.25, 0.3) is 11.5 Å². The lowest BCUT2D eigenvalue weighted by Crippen LogP contribution is -2.17. The summed E-state index contributed by atoms with van der Waals surface area (Å²) in [4.78, 5) is 12.4. The summed E-state index contributed by atoms with van der Waals surface area (Å²) in [6.07, 6.45) is 3.81. The zero-order valence-electron chi connectivity index (χ0n) is 13.0. The third-order valence-electron chi connectivity index (χ3n) is 3.29. The highest BCUT2D eigenvalue weighted by Crippen LogP contribution is 2.27. The lowest BCUT2D eigenvalue weighted by molar-refractivity contribution is 0.523. The molecule has 0 aliphatic rings. The number of H-pyrrole nitrogens is 1. The van der Waals surface area contributed by atoms with Crippen molar-refractivity contribution >= 4 is 0 Å². The highest BCUT2D eigenvalue weighted by atomic mass is 15.1. The van der Waals surface area contributed by atoms with Crippen molar-refractivity contribution in [2.75, 3.05) is 0 Å². The summed E-state index contributed by atoms with van der Waals surface area (Å²) in [5.41, 5.74) is 2.28. The second-order valence-electron chi connectivity index (χ2n) is 7.17. The molecule has 1 N–H and O–H groups in total. The van der Waals surface area contributed by atoms with Crippen LogP contribution in [0.5, 0.6) is 0 Å². The van der Waals surface area contributed by atoms with Crippen LogP contribution in [0, 0.1) is 0 Å². The smallest absolute Gasteiger partial charge is 0.155 e. The van der Waals surface area contributed by atoms with Crippen molar-refractivity contribution in [1.82, 2.24) is 19.5 Å². The minimum absolute atomic E-state index is 0.0342. The summed E-state index contributed by atoms with van der Waals surface area (Å²) < 4.78 is 2.12. The van der Waals surface area contributed by atoms with Crippen molar-refractivity contribution in [1.29, 1.82) is 0 Å². The van der Waals surface area contributed by atoms with Crippen LogP contribution < -0.4 is 0 Å².